The zero-order valence-electron chi connectivity index (χ0n) is 9.74. The minimum absolute atomic E-state index is 0.541. The molecule has 1 aliphatic carbocycles. The second-order valence-corrected chi connectivity index (χ2v) is 4.75. The van der Waals surface area contributed by atoms with Gasteiger partial charge in [-0.2, -0.15) is 0 Å². The van der Waals surface area contributed by atoms with Gasteiger partial charge in [-0.1, -0.05) is 44.2 Å². The summed E-state index contributed by atoms with van der Waals surface area (Å²) in [6, 6.07) is 11.3. The first kappa shape index (κ1) is 10.7. The van der Waals surface area contributed by atoms with Gasteiger partial charge in [-0.05, 0) is 36.8 Å². The van der Waals surface area contributed by atoms with Crippen molar-refractivity contribution in [1.82, 2.24) is 5.32 Å². The molecule has 0 radical (unpaired) electrons. The summed E-state index contributed by atoms with van der Waals surface area (Å²) < 4.78 is 0. The summed E-state index contributed by atoms with van der Waals surface area (Å²) in [7, 11) is 0. The fraction of sp³-hybridized carbons (Fsp3) is 0.571. The van der Waals surface area contributed by atoms with Crippen LogP contribution >= 0.6 is 0 Å². The molecule has 0 aromatic heterocycles. The van der Waals surface area contributed by atoms with Crippen molar-refractivity contribution < 1.29 is 0 Å². The third kappa shape index (κ3) is 2.82. The first-order valence-electron chi connectivity index (χ1n) is 6.09. The molecule has 1 aromatic rings. The average molecular weight is 203 g/mol. The van der Waals surface area contributed by atoms with E-state index in [9.17, 15) is 0 Å². The minimum atomic E-state index is 0.541. The number of hydrogen-bond donors (Lipinski definition) is 1. The third-order valence-electron chi connectivity index (χ3n) is 3.51. The van der Waals surface area contributed by atoms with E-state index in [1.165, 1.54) is 24.9 Å². The van der Waals surface area contributed by atoms with Gasteiger partial charge in [-0.25, -0.2) is 0 Å². The molecule has 0 aliphatic heterocycles. The van der Waals surface area contributed by atoms with Crippen molar-refractivity contribution in [2.24, 2.45) is 11.8 Å². The van der Waals surface area contributed by atoms with E-state index in [0.717, 1.165) is 11.8 Å². The maximum atomic E-state index is 3.68. The Morgan fingerprint density at radius 3 is 2.53 bits per heavy atom. The van der Waals surface area contributed by atoms with E-state index in [0.29, 0.717) is 6.04 Å². The van der Waals surface area contributed by atoms with Crippen LogP contribution in [0.2, 0.25) is 0 Å². The Bertz CT molecular complexity index is 293. The topological polar surface area (TPSA) is 12.0 Å². The zero-order chi connectivity index (χ0) is 10.7. The molecule has 0 saturated heterocycles. The number of rotatable bonds is 5. The Labute approximate surface area is 92.9 Å². The van der Waals surface area contributed by atoms with Crippen LogP contribution in [0.4, 0.5) is 0 Å². The highest BCUT2D eigenvalue weighted by Gasteiger charge is 2.32. The van der Waals surface area contributed by atoms with Crippen LogP contribution < -0.4 is 5.32 Å². The predicted octanol–water partition coefficient (Wildman–Crippen LogP) is 3.38. The van der Waals surface area contributed by atoms with Crippen LogP contribution in [0.3, 0.4) is 0 Å². The maximum Gasteiger partial charge on any atom is 0.0317 e. The first-order valence-corrected chi connectivity index (χ1v) is 6.09. The first-order chi connectivity index (χ1) is 7.31. The average Bonchev–Trinajstić information content (AvgIpc) is 2.97. The molecular formula is C14H21N. The van der Waals surface area contributed by atoms with Crippen molar-refractivity contribution >= 4 is 0 Å². The van der Waals surface area contributed by atoms with Crippen molar-refractivity contribution in [2.75, 3.05) is 6.54 Å². The molecule has 2 rings (SSSR count). The maximum absolute atomic E-state index is 3.68. The predicted molar refractivity (Wildman–Crippen MR) is 64.7 cm³/mol. The van der Waals surface area contributed by atoms with Gasteiger partial charge in [0, 0.05) is 6.04 Å². The summed E-state index contributed by atoms with van der Waals surface area (Å²) in [4.78, 5) is 0. The van der Waals surface area contributed by atoms with Gasteiger partial charge in [-0.3, -0.25) is 0 Å². The molecule has 1 N–H and O–H groups in total. The van der Waals surface area contributed by atoms with E-state index in [1.54, 1.807) is 0 Å². The second-order valence-electron chi connectivity index (χ2n) is 4.75. The van der Waals surface area contributed by atoms with Gasteiger partial charge in [0.15, 0.2) is 0 Å². The lowest BCUT2D eigenvalue weighted by molar-refractivity contribution is 0.493. The molecule has 0 heterocycles. The molecule has 0 bridgehead atoms. The van der Waals surface area contributed by atoms with Crippen LogP contribution in [0.15, 0.2) is 30.3 Å². The van der Waals surface area contributed by atoms with E-state index < -0.39 is 0 Å². The van der Waals surface area contributed by atoms with Gasteiger partial charge in [0.1, 0.15) is 0 Å². The Balaban J connectivity index is 1.87. The molecule has 0 spiro atoms. The fourth-order valence-corrected chi connectivity index (χ4v) is 2.16. The summed E-state index contributed by atoms with van der Waals surface area (Å²) in [6.07, 6.45) is 2.59. The fourth-order valence-electron chi connectivity index (χ4n) is 2.16. The van der Waals surface area contributed by atoms with E-state index in [1.807, 2.05) is 0 Å². The van der Waals surface area contributed by atoms with E-state index >= 15 is 0 Å². The van der Waals surface area contributed by atoms with Crippen LogP contribution in [-0.4, -0.2) is 6.54 Å². The van der Waals surface area contributed by atoms with Gasteiger partial charge in [0.2, 0.25) is 0 Å². The number of benzene rings is 1. The summed E-state index contributed by atoms with van der Waals surface area (Å²) >= 11 is 0. The second kappa shape index (κ2) is 4.80. The summed E-state index contributed by atoms with van der Waals surface area (Å²) in [5, 5.41) is 3.68. The van der Waals surface area contributed by atoms with Crippen LogP contribution in [0, 0.1) is 11.8 Å². The van der Waals surface area contributed by atoms with Gasteiger partial charge in [0.25, 0.3) is 0 Å². The molecule has 1 aromatic carbocycles. The van der Waals surface area contributed by atoms with Crippen LogP contribution in [0.5, 0.6) is 0 Å². The van der Waals surface area contributed by atoms with Gasteiger partial charge in [-0.15, -0.1) is 0 Å². The lowest BCUT2D eigenvalue weighted by Gasteiger charge is -2.17. The van der Waals surface area contributed by atoms with E-state index in [-0.39, 0.29) is 0 Å². The van der Waals surface area contributed by atoms with Gasteiger partial charge in [0.05, 0.1) is 0 Å². The monoisotopic (exact) mass is 203 g/mol. The molecular weight excluding hydrogens is 182 g/mol. The molecule has 1 heteroatoms. The number of hydrogen-bond acceptors (Lipinski definition) is 1. The van der Waals surface area contributed by atoms with Crippen LogP contribution in [0.25, 0.3) is 0 Å². The standard InChI is InChI=1S/C14H21N/c1-3-14(12-7-5-4-6-8-12)15-10-13-9-11(13)2/h4-8,11,13-15H,3,9-10H2,1-2H3. The highest BCUT2D eigenvalue weighted by molar-refractivity contribution is 5.18. The SMILES string of the molecule is CCC(NCC1CC1C)c1ccccc1. The van der Waals surface area contributed by atoms with Crippen molar-refractivity contribution in [3.63, 3.8) is 0 Å². The quantitative estimate of drug-likeness (QED) is 0.773. The van der Waals surface area contributed by atoms with E-state index in [4.69, 9.17) is 0 Å². The Morgan fingerprint density at radius 1 is 1.33 bits per heavy atom. The van der Waals surface area contributed by atoms with Crippen molar-refractivity contribution in [3.05, 3.63) is 35.9 Å². The lowest BCUT2D eigenvalue weighted by atomic mass is 10.0. The van der Waals surface area contributed by atoms with Crippen molar-refractivity contribution in [1.29, 1.82) is 0 Å². The largest absolute Gasteiger partial charge is 0.310 e. The summed E-state index contributed by atoms with van der Waals surface area (Å²) in [5.74, 6) is 1.88. The molecule has 0 amide bonds. The van der Waals surface area contributed by atoms with Crippen LogP contribution in [0.1, 0.15) is 38.3 Å². The number of nitrogens with one attached hydrogen (secondary N) is 1. The van der Waals surface area contributed by atoms with Crippen molar-refractivity contribution in [3.8, 4) is 0 Å². The molecule has 1 nitrogen and oxygen atoms in total. The Hall–Kier alpha value is -0.820. The Morgan fingerprint density at radius 2 is 2.00 bits per heavy atom. The smallest absolute Gasteiger partial charge is 0.0317 e. The lowest BCUT2D eigenvalue weighted by Crippen LogP contribution is -2.23. The third-order valence-corrected chi connectivity index (χ3v) is 3.51. The minimum Gasteiger partial charge on any atom is -0.310 e. The van der Waals surface area contributed by atoms with Gasteiger partial charge < -0.3 is 5.32 Å². The highest BCUT2D eigenvalue weighted by Crippen LogP contribution is 2.37. The normalized spacial score (nSPS) is 26.3. The van der Waals surface area contributed by atoms with Crippen molar-refractivity contribution in [2.45, 2.75) is 32.7 Å². The zero-order valence-corrected chi connectivity index (χ0v) is 9.74. The van der Waals surface area contributed by atoms with Gasteiger partial charge >= 0.3 is 0 Å². The Kier molecular flexibility index (Phi) is 3.42. The summed E-state index contributed by atoms with van der Waals surface area (Å²) in [6.45, 7) is 5.78. The molecule has 3 atom stereocenters. The molecule has 15 heavy (non-hydrogen) atoms. The molecule has 1 fully saturated rings. The van der Waals surface area contributed by atoms with Crippen LogP contribution in [-0.2, 0) is 0 Å². The van der Waals surface area contributed by atoms with E-state index in [2.05, 4.69) is 49.5 Å². The molecule has 3 unspecified atom stereocenters. The summed E-state index contributed by atoms with van der Waals surface area (Å²) in [5.41, 5.74) is 1.42. The molecule has 82 valence electrons. The highest BCUT2D eigenvalue weighted by atomic mass is 14.9. The molecule has 1 saturated carbocycles. The molecule has 1 aliphatic rings.